The summed E-state index contributed by atoms with van der Waals surface area (Å²) in [5.74, 6) is -0.870. The maximum Gasteiger partial charge on any atom is 0.512 e. The van der Waals surface area contributed by atoms with Crippen LogP contribution in [-0.4, -0.2) is 11.9 Å². The molecular weight excluding hydrogens is 285 g/mol. The molecule has 5 nitrogen and oxygen atoms in total. The molecule has 3 aromatic rings. The van der Waals surface area contributed by atoms with Crippen molar-refractivity contribution in [1.29, 1.82) is 0 Å². The van der Waals surface area contributed by atoms with Gasteiger partial charge in [0.05, 0.1) is 0 Å². The molecule has 1 aliphatic heterocycles. The molecule has 0 aliphatic carbocycles. The number of imide groups is 1. The van der Waals surface area contributed by atoms with Crippen LogP contribution < -0.4 is 14.5 Å². The molecule has 0 unspecified atom stereocenters. The Labute approximate surface area is 124 Å². The van der Waals surface area contributed by atoms with E-state index in [0.717, 1.165) is 10.4 Å². The number of para-hydroxylation sites is 2. The van der Waals surface area contributed by atoms with Crippen LogP contribution in [0.5, 0.6) is 0 Å². The lowest BCUT2D eigenvalue weighted by Gasteiger charge is -2.03. The predicted octanol–water partition coefficient (Wildman–Crippen LogP) is 1.71. The van der Waals surface area contributed by atoms with Gasteiger partial charge in [-0.2, -0.15) is 4.79 Å². The first-order chi connectivity index (χ1) is 10.7. The second kappa shape index (κ2) is 4.42. The number of aromatic amines is 1. The van der Waals surface area contributed by atoms with Crippen molar-refractivity contribution in [2.24, 2.45) is 0 Å². The fourth-order valence-corrected chi connectivity index (χ4v) is 2.61. The molecule has 1 aliphatic rings. The fourth-order valence-electron chi connectivity index (χ4n) is 2.61. The number of fused-ring (bicyclic) bond motifs is 3. The zero-order valence-corrected chi connectivity index (χ0v) is 11.3. The van der Waals surface area contributed by atoms with Crippen molar-refractivity contribution < 1.29 is 23.5 Å². The Hall–Kier alpha value is -3.15. The summed E-state index contributed by atoms with van der Waals surface area (Å²) in [4.78, 5) is 29.2. The zero-order chi connectivity index (χ0) is 15.3. The van der Waals surface area contributed by atoms with Crippen molar-refractivity contribution in [3.8, 4) is 0 Å². The third-order valence-corrected chi connectivity index (χ3v) is 3.64. The first-order valence-corrected chi connectivity index (χ1v) is 6.66. The summed E-state index contributed by atoms with van der Waals surface area (Å²) in [6.45, 7) is 0. The molecule has 0 fully saturated rings. The standard InChI is InChI=1S/C16H9FN3O2/c17-10-5-7-11(8-6-10)19-15(21)14-9-18-12-3-1-2-4-13(12)20(14)16(19)22/h1-9H/q+1/p+1. The summed E-state index contributed by atoms with van der Waals surface area (Å²) in [6.07, 6.45) is 1.51. The van der Waals surface area contributed by atoms with Gasteiger partial charge in [-0.3, -0.25) is 0 Å². The Balaban J connectivity index is 1.93. The molecule has 4 rings (SSSR count). The molecule has 1 aromatic heterocycles. The molecule has 0 spiro atoms. The second-order valence-corrected chi connectivity index (χ2v) is 4.93. The summed E-state index contributed by atoms with van der Waals surface area (Å²) < 4.78 is 14.4. The average molecular weight is 295 g/mol. The quantitative estimate of drug-likeness (QED) is 0.642. The number of benzene rings is 2. The van der Waals surface area contributed by atoms with E-state index in [9.17, 15) is 14.0 Å². The van der Waals surface area contributed by atoms with Crippen LogP contribution in [0, 0.1) is 5.82 Å². The van der Waals surface area contributed by atoms with Gasteiger partial charge < -0.3 is 0 Å². The highest BCUT2D eigenvalue weighted by Gasteiger charge is 2.49. The fraction of sp³-hybridized carbons (Fsp3) is 0. The molecule has 1 N–H and O–H groups in total. The normalized spacial score (nSPS) is 13.8. The number of carbonyl (C=O) groups excluding carboxylic acids is 2. The number of nitrogens with one attached hydrogen (secondary N) is 1. The Morgan fingerprint density at radius 1 is 1.00 bits per heavy atom. The van der Waals surface area contributed by atoms with E-state index in [1.54, 1.807) is 12.1 Å². The van der Waals surface area contributed by atoms with Gasteiger partial charge in [0, 0.05) is 6.07 Å². The van der Waals surface area contributed by atoms with E-state index in [1.807, 2.05) is 12.1 Å². The van der Waals surface area contributed by atoms with E-state index in [1.165, 1.54) is 35.0 Å². The van der Waals surface area contributed by atoms with Crippen LogP contribution in [0.25, 0.3) is 11.0 Å². The molecule has 22 heavy (non-hydrogen) atoms. The summed E-state index contributed by atoms with van der Waals surface area (Å²) in [5, 5.41) is 0. The Morgan fingerprint density at radius 2 is 1.73 bits per heavy atom. The Bertz CT molecular complexity index is 938. The highest BCUT2D eigenvalue weighted by Crippen LogP contribution is 2.21. The minimum Gasteiger partial charge on any atom is -0.236 e. The van der Waals surface area contributed by atoms with Gasteiger partial charge in [-0.05, 0) is 30.3 Å². The summed E-state index contributed by atoms with van der Waals surface area (Å²) in [7, 11) is 0. The second-order valence-electron chi connectivity index (χ2n) is 4.93. The summed E-state index contributed by atoms with van der Waals surface area (Å²) in [5.41, 5.74) is 1.94. The lowest BCUT2D eigenvalue weighted by atomic mass is 10.2. The van der Waals surface area contributed by atoms with E-state index in [4.69, 9.17) is 0 Å². The number of halogens is 1. The van der Waals surface area contributed by atoms with Crippen LogP contribution in [0.1, 0.15) is 10.5 Å². The zero-order valence-electron chi connectivity index (χ0n) is 11.3. The first kappa shape index (κ1) is 12.6. The van der Waals surface area contributed by atoms with Crippen LogP contribution in [0.15, 0.2) is 54.7 Å². The predicted molar refractivity (Wildman–Crippen MR) is 74.7 cm³/mol. The van der Waals surface area contributed by atoms with Crippen LogP contribution >= 0.6 is 0 Å². The average Bonchev–Trinajstić information content (AvgIpc) is 2.80. The van der Waals surface area contributed by atoms with Gasteiger partial charge in [0.25, 0.3) is 11.2 Å². The molecule has 0 radical (unpaired) electrons. The number of hydrogen-bond donors (Lipinski definition) is 0. The van der Waals surface area contributed by atoms with Gasteiger partial charge in [-0.25, -0.2) is 14.2 Å². The van der Waals surface area contributed by atoms with Crippen LogP contribution in [-0.2, 0) is 0 Å². The molecule has 0 atom stereocenters. The highest BCUT2D eigenvalue weighted by molar-refractivity contribution is 6.21. The minimum absolute atomic E-state index is 0.244. The Morgan fingerprint density at radius 3 is 2.50 bits per heavy atom. The number of aromatic nitrogens is 2. The topological polar surface area (TPSA) is 55.4 Å². The highest BCUT2D eigenvalue weighted by atomic mass is 19.1. The molecule has 0 saturated heterocycles. The lowest BCUT2D eigenvalue weighted by molar-refractivity contribution is -0.551. The van der Waals surface area contributed by atoms with E-state index < -0.39 is 17.8 Å². The molecule has 2 heterocycles. The summed E-state index contributed by atoms with van der Waals surface area (Å²) >= 11 is 0. The smallest absolute Gasteiger partial charge is 0.236 e. The van der Waals surface area contributed by atoms with E-state index in [0.29, 0.717) is 11.2 Å². The first-order valence-electron chi connectivity index (χ1n) is 6.66. The van der Waals surface area contributed by atoms with Crippen molar-refractivity contribution in [1.82, 2.24) is 0 Å². The maximum atomic E-state index is 13.0. The van der Waals surface area contributed by atoms with Crippen molar-refractivity contribution in [3.63, 3.8) is 0 Å². The number of anilines is 1. The summed E-state index contributed by atoms with van der Waals surface area (Å²) in [6, 6.07) is 12.0. The van der Waals surface area contributed by atoms with Crippen LogP contribution in [0.2, 0.25) is 0 Å². The largest absolute Gasteiger partial charge is 0.512 e. The molecule has 0 saturated carbocycles. The van der Waals surface area contributed by atoms with E-state index >= 15 is 0 Å². The number of rotatable bonds is 1. The van der Waals surface area contributed by atoms with Crippen LogP contribution in [0.4, 0.5) is 14.9 Å². The maximum absolute atomic E-state index is 13.0. The van der Waals surface area contributed by atoms with Crippen molar-refractivity contribution in [2.75, 3.05) is 4.90 Å². The van der Waals surface area contributed by atoms with Crippen molar-refractivity contribution in [2.45, 2.75) is 0 Å². The Kier molecular flexibility index (Phi) is 2.53. The SMILES string of the molecule is O=C1c2c[nH+]c3ccccc3[n+]2C(=O)N1c1ccc(F)cc1. The van der Waals surface area contributed by atoms with Gasteiger partial charge in [-0.15, -0.1) is 9.47 Å². The van der Waals surface area contributed by atoms with Gasteiger partial charge in [0.2, 0.25) is 11.7 Å². The van der Waals surface area contributed by atoms with E-state index in [2.05, 4.69) is 4.98 Å². The molecule has 106 valence electrons. The third-order valence-electron chi connectivity index (χ3n) is 3.64. The lowest BCUT2D eigenvalue weighted by Crippen LogP contribution is -2.47. The molecule has 6 heteroatoms. The van der Waals surface area contributed by atoms with Gasteiger partial charge in [0.1, 0.15) is 11.5 Å². The molecule has 0 bridgehead atoms. The molecular formula is C16H10FN3O2+2. The van der Waals surface area contributed by atoms with E-state index in [-0.39, 0.29) is 5.69 Å². The van der Waals surface area contributed by atoms with Gasteiger partial charge in [-0.1, -0.05) is 12.1 Å². The molecule has 2 aromatic carbocycles. The van der Waals surface area contributed by atoms with Gasteiger partial charge >= 0.3 is 11.9 Å². The number of nitrogens with zero attached hydrogens (tertiary/aromatic N) is 2. The third kappa shape index (κ3) is 1.64. The van der Waals surface area contributed by atoms with Gasteiger partial charge in [0.15, 0.2) is 0 Å². The van der Waals surface area contributed by atoms with Crippen LogP contribution in [0.3, 0.4) is 0 Å². The molecule has 2 amide bonds. The number of carbonyl (C=O) groups is 2. The minimum atomic E-state index is -0.475. The number of H-pyrrole nitrogens is 1. The number of amides is 2. The number of hydrogen-bond acceptors (Lipinski definition) is 2. The van der Waals surface area contributed by atoms with Crippen molar-refractivity contribution in [3.05, 3.63) is 66.2 Å². The monoisotopic (exact) mass is 295 g/mol. The van der Waals surface area contributed by atoms with Crippen molar-refractivity contribution >= 4 is 28.7 Å².